The lowest BCUT2D eigenvalue weighted by Gasteiger charge is -2.13. The highest BCUT2D eigenvalue weighted by Crippen LogP contribution is 2.18. The maximum atomic E-state index is 12.2. The van der Waals surface area contributed by atoms with Gasteiger partial charge in [-0.05, 0) is 42.7 Å². The smallest absolute Gasteiger partial charge is 0.337 e. The fourth-order valence-electron chi connectivity index (χ4n) is 2.37. The van der Waals surface area contributed by atoms with Gasteiger partial charge < -0.3 is 15.4 Å². The number of para-hydroxylation sites is 1. The quantitative estimate of drug-likeness (QED) is 0.799. The predicted molar refractivity (Wildman–Crippen MR) is 95.5 cm³/mol. The summed E-state index contributed by atoms with van der Waals surface area (Å²) in [7, 11) is 1.33. The van der Waals surface area contributed by atoms with Gasteiger partial charge in [0.25, 0.3) is 0 Å². The Balaban J connectivity index is 2.03. The first kappa shape index (κ1) is 17.5. The van der Waals surface area contributed by atoms with E-state index in [1.807, 2.05) is 31.2 Å². The van der Waals surface area contributed by atoms with Crippen molar-refractivity contribution in [1.82, 2.24) is 0 Å². The van der Waals surface area contributed by atoms with Crippen LogP contribution in [0.3, 0.4) is 0 Å². The average molecular weight is 326 g/mol. The van der Waals surface area contributed by atoms with E-state index in [2.05, 4.69) is 17.6 Å². The Morgan fingerprint density at radius 2 is 1.83 bits per heavy atom. The number of nitrogens with one attached hydrogen (secondary N) is 2. The lowest BCUT2D eigenvalue weighted by atomic mass is 10.1. The molecular formula is C19H22N2O3. The second-order valence-corrected chi connectivity index (χ2v) is 5.43. The van der Waals surface area contributed by atoms with Gasteiger partial charge in [-0.2, -0.15) is 0 Å². The lowest BCUT2D eigenvalue weighted by molar-refractivity contribution is -0.114. The van der Waals surface area contributed by atoms with E-state index >= 15 is 0 Å². The average Bonchev–Trinajstić information content (AvgIpc) is 2.61. The van der Waals surface area contributed by atoms with Crippen LogP contribution in [0.1, 0.15) is 28.4 Å². The summed E-state index contributed by atoms with van der Waals surface area (Å²) in [6, 6.07) is 13.0. The Hall–Kier alpha value is -2.82. The largest absolute Gasteiger partial charge is 0.465 e. The van der Waals surface area contributed by atoms with Gasteiger partial charge in [-0.3, -0.25) is 4.79 Å². The molecule has 126 valence electrons. The molecule has 0 heterocycles. The third-order valence-electron chi connectivity index (χ3n) is 3.77. The topological polar surface area (TPSA) is 67.4 Å². The molecule has 5 nitrogen and oxygen atoms in total. The van der Waals surface area contributed by atoms with E-state index in [0.29, 0.717) is 11.3 Å². The molecule has 2 rings (SSSR count). The zero-order valence-corrected chi connectivity index (χ0v) is 14.2. The number of esters is 1. The van der Waals surface area contributed by atoms with Crippen molar-refractivity contribution in [1.29, 1.82) is 0 Å². The molecule has 0 aliphatic heterocycles. The summed E-state index contributed by atoms with van der Waals surface area (Å²) in [5.74, 6) is -0.605. The maximum Gasteiger partial charge on any atom is 0.337 e. The fraction of sp³-hybridized carbons (Fsp3) is 0.263. The van der Waals surface area contributed by atoms with E-state index in [4.69, 9.17) is 4.74 Å². The second-order valence-electron chi connectivity index (χ2n) is 5.43. The molecule has 0 fully saturated rings. The van der Waals surface area contributed by atoms with Crippen LogP contribution in [0.25, 0.3) is 0 Å². The first-order chi connectivity index (χ1) is 11.5. The summed E-state index contributed by atoms with van der Waals surface area (Å²) in [5.41, 5.74) is 4.01. The second kappa shape index (κ2) is 8.15. The van der Waals surface area contributed by atoms with E-state index in [1.165, 1.54) is 7.11 Å². The van der Waals surface area contributed by atoms with Gasteiger partial charge in [0.15, 0.2) is 0 Å². The number of benzene rings is 2. The van der Waals surface area contributed by atoms with Gasteiger partial charge in [-0.25, -0.2) is 4.79 Å². The zero-order valence-electron chi connectivity index (χ0n) is 14.2. The molecule has 0 saturated heterocycles. The van der Waals surface area contributed by atoms with E-state index < -0.39 is 5.97 Å². The first-order valence-corrected chi connectivity index (χ1v) is 7.85. The first-order valence-electron chi connectivity index (χ1n) is 7.85. The maximum absolute atomic E-state index is 12.2. The van der Waals surface area contributed by atoms with Crippen molar-refractivity contribution >= 4 is 23.3 Å². The molecule has 0 aromatic heterocycles. The monoisotopic (exact) mass is 326 g/mol. The Morgan fingerprint density at radius 1 is 1.08 bits per heavy atom. The van der Waals surface area contributed by atoms with Crippen molar-refractivity contribution in [2.45, 2.75) is 20.3 Å². The van der Waals surface area contributed by atoms with E-state index in [-0.39, 0.29) is 12.5 Å². The molecule has 2 aromatic carbocycles. The third kappa shape index (κ3) is 4.35. The van der Waals surface area contributed by atoms with Crippen LogP contribution in [0, 0.1) is 6.92 Å². The number of hydrogen-bond donors (Lipinski definition) is 2. The Bertz CT molecular complexity index is 741. The molecular weight excluding hydrogens is 304 g/mol. The summed E-state index contributed by atoms with van der Waals surface area (Å²) in [5, 5.41) is 5.98. The number of anilines is 2. The van der Waals surface area contributed by atoms with Crippen LogP contribution in [0.2, 0.25) is 0 Å². The Labute approximate surface area is 142 Å². The van der Waals surface area contributed by atoms with Crippen molar-refractivity contribution < 1.29 is 14.3 Å². The summed E-state index contributed by atoms with van der Waals surface area (Å²) in [4.78, 5) is 23.8. The minimum absolute atomic E-state index is 0.152. The van der Waals surface area contributed by atoms with Crippen LogP contribution in [0.5, 0.6) is 0 Å². The molecule has 0 bridgehead atoms. The van der Waals surface area contributed by atoms with Crippen LogP contribution in [0.4, 0.5) is 11.4 Å². The molecule has 0 saturated carbocycles. The summed E-state index contributed by atoms with van der Waals surface area (Å²) >= 11 is 0. The molecule has 2 aromatic rings. The molecule has 0 unspecified atom stereocenters. The van der Waals surface area contributed by atoms with Crippen molar-refractivity contribution in [3.63, 3.8) is 0 Å². The van der Waals surface area contributed by atoms with Gasteiger partial charge in [0, 0.05) is 11.4 Å². The minimum Gasteiger partial charge on any atom is -0.465 e. The van der Waals surface area contributed by atoms with Gasteiger partial charge in [-0.1, -0.05) is 31.2 Å². The molecule has 0 spiro atoms. The third-order valence-corrected chi connectivity index (χ3v) is 3.77. The van der Waals surface area contributed by atoms with E-state index in [0.717, 1.165) is 23.2 Å². The molecule has 1 amide bonds. The van der Waals surface area contributed by atoms with Crippen LogP contribution in [-0.4, -0.2) is 25.5 Å². The van der Waals surface area contributed by atoms with Gasteiger partial charge >= 0.3 is 5.97 Å². The normalized spacial score (nSPS) is 10.1. The lowest BCUT2D eigenvalue weighted by Crippen LogP contribution is -2.22. The van der Waals surface area contributed by atoms with Crippen LogP contribution in [0.15, 0.2) is 42.5 Å². The van der Waals surface area contributed by atoms with E-state index in [1.54, 1.807) is 18.2 Å². The van der Waals surface area contributed by atoms with Gasteiger partial charge in [0.1, 0.15) is 0 Å². The number of carbonyl (C=O) groups excluding carboxylic acids is 2. The highest BCUT2D eigenvalue weighted by atomic mass is 16.5. The molecule has 0 atom stereocenters. The van der Waals surface area contributed by atoms with Gasteiger partial charge in [0.05, 0.1) is 19.2 Å². The van der Waals surface area contributed by atoms with Gasteiger partial charge in [0.2, 0.25) is 5.91 Å². The molecule has 24 heavy (non-hydrogen) atoms. The molecule has 0 aliphatic rings. The molecule has 0 radical (unpaired) electrons. The summed E-state index contributed by atoms with van der Waals surface area (Å²) in [6.07, 6.45) is 0.894. The van der Waals surface area contributed by atoms with Gasteiger partial charge in [-0.15, -0.1) is 0 Å². The number of amides is 1. The Morgan fingerprint density at radius 3 is 2.54 bits per heavy atom. The fourth-order valence-corrected chi connectivity index (χ4v) is 2.37. The highest BCUT2D eigenvalue weighted by molar-refractivity contribution is 5.97. The number of methoxy groups -OCH3 is 1. The minimum atomic E-state index is -0.430. The van der Waals surface area contributed by atoms with Crippen LogP contribution >= 0.6 is 0 Å². The number of aryl methyl sites for hydroxylation is 2. The number of ether oxygens (including phenoxy) is 1. The SMILES string of the molecule is CCc1ccccc1NCC(=O)Nc1cc(C(=O)OC)ccc1C. The molecule has 5 heteroatoms. The van der Waals surface area contributed by atoms with Crippen LogP contribution in [-0.2, 0) is 16.0 Å². The number of carbonyl (C=O) groups is 2. The standard InChI is InChI=1S/C19H22N2O3/c1-4-14-7-5-6-8-16(14)20-12-18(22)21-17-11-15(19(23)24-3)10-9-13(17)2/h5-11,20H,4,12H2,1-3H3,(H,21,22). The zero-order chi connectivity index (χ0) is 17.5. The van der Waals surface area contributed by atoms with E-state index in [9.17, 15) is 9.59 Å². The van der Waals surface area contributed by atoms with Crippen molar-refractivity contribution in [2.75, 3.05) is 24.3 Å². The summed E-state index contributed by atoms with van der Waals surface area (Å²) < 4.78 is 4.70. The van der Waals surface area contributed by atoms with Crippen molar-refractivity contribution in [3.05, 3.63) is 59.2 Å². The van der Waals surface area contributed by atoms with Crippen LogP contribution < -0.4 is 10.6 Å². The van der Waals surface area contributed by atoms with Crippen molar-refractivity contribution in [3.8, 4) is 0 Å². The predicted octanol–water partition coefficient (Wildman–Crippen LogP) is 3.39. The molecule has 2 N–H and O–H groups in total. The van der Waals surface area contributed by atoms with Crippen molar-refractivity contribution in [2.24, 2.45) is 0 Å². The Kier molecular flexibility index (Phi) is 5.95. The number of hydrogen-bond acceptors (Lipinski definition) is 4. The molecule has 0 aliphatic carbocycles. The summed E-state index contributed by atoms with van der Waals surface area (Å²) in [6.45, 7) is 4.09. The number of rotatable bonds is 6. The highest BCUT2D eigenvalue weighted by Gasteiger charge is 2.10.